The van der Waals surface area contributed by atoms with Crippen molar-refractivity contribution in [3.8, 4) is 0 Å². The number of halogens is 3. The molecule has 0 radical (unpaired) electrons. The summed E-state index contributed by atoms with van der Waals surface area (Å²) in [5.41, 5.74) is 0.549. The van der Waals surface area contributed by atoms with Crippen molar-refractivity contribution in [3.63, 3.8) is 0 Å². The first-order valence-electron chi connectivity index (χ1n) is 8.99. The molecule has 1 aliphatic rings. The van der Waals surface area contributed by atoms with Crippen LogP contribution in [0.25, 0.3) is 5.65 Å². The Kier molecular flexibility index (Phi) is 4.35. The Balaban J connectivity index is 1.75. The van der Waals surface area contributed by atoms with E-state index in [0.29, 0.717) is 36.5 Å². The van der Waals surface area contributed by atoms with Crippen LogP contribution in [0.2, 0.25) is 0 Å². The molecule has 0 N–H and O–H groups in total. The fourth-order valence-electron chi connectivity index (χ4n) is 3.51. The summed E-state index contributed by atoms with van der Waals surface area (Å²) in [7, 11) is 0. The maximum atomic E-state index is 13.5. The second kappa shape index (κ2) is 6.61. The highest BCUT2D eigenvalue weighted by Gasteiger charge is 2.37. The SMILES string of the molecule is CCc1cc(C(F)(F)F)n2nc([C@@H]3CCCN3C(=O)c3cc(C)no3)cc2n1. The normalized spacial score (nSPS) is 17.6. The largest absolute Gasteiger partial charge is 0.433 e. The number of carbonyl (C=O) groups is 1. The molecule has 0 unspecified atom stereocenters. The van der Waals surface area contributed by atoms with E-state index in [2.05, 4.69) is 15.2 Å². The van der Waals surface area contributed by atoms with E-state index in [0.717, 1.165) is 17.0 Å². The van der Waals surface area contributed by atoms with Crippen molar-refractivity contribution in [2.75, 3.05) is 6.54 Å². The Hall–Kier alpha value is -2.91. The van der Waals surface area contributed by atoms with E-state index in [9.17, 15) is 18.0 Å². The third-order valence-corrected chi connectivity index (χ3v) is 4.85. The highest BCUT2D eigenvalue weighted by atomic mass is 19.4. The van der Waals surface area contributed by atoms with E-state index in [1.807, 2.05) is 0 Å². The number of amides is 1. The van der Waals surface area contributed by atoms with E-state index < -0.39 is 17.9 Å². The molecule has 4 heterocycles. The lowest BCUT2D eigenvalue weighted by atomic mass is 10.1. The quantitative estimate of drug-likeness (QED) is 0.680. The summed E-state index contributed by atoms with van der Waals surface area (Å²) < 4.78 is 46.3. The Morgan fingerprint density at radius 1 is 1.32 bits per heavy atom. The third-order valence-electron chi connectivity index (χ3n) is 4.85. The van der Waals surface area contributed by atoms with Gasteiger partial charge in [-0.25, -0.2) is 9.50 Å². The molecular formula is C18H18F3N5O2. The number of nitrogens with zero attached hydrogens (tertiary/aromatic N) is 5. The van der Waals surface area contributed by atoms with Gasteiger partial charge in [0.15, 0.2) is 5.65 Å². The number of carbonyl (C=O) groups excluding carboxylic acids is 1. The maximum absolute atomic E-state index is 13.5. The highest BCUT2D eigenvalue weighted by Crippen LogP contribution is 2.35. The molecule has 7 nitrogen and oxygen atoms in total. The summed E-state index contributed by atoms with van der Waals surface area (Å²) in [6.07, 6.45) is -2.86. The van der Waals surface area contributed by atoms with E-state index in [1.165, 1.54) is 12.1 Å². The van der Waals surface area contributed by atoms with Gasteiger partial charge >= 0.3 is 6.18 Å². The Morgan fingerprint density at radius 3 is 2.75 bits per heavy atom. The van der Waals surface area contributed by atoms with E-state index in [-0.39, 0.29) is 17.3 Å². The molecule has 1 amide bonds. The van der Waals surface area contributed by atoms with Gasteiger partial charge in [0.05, 0.1) is 17.4 Å². The van der Waals surface area contributed by atoms with Crippen LogP contribution in [-0.2, 0) is 12.6 Å². The van der Waals surface area contributed by atoms with Crippen LogP contribution in [0.3, 0.4) is 0 Å². The number of fused-ring (bicyclic) bond motifs is 1. The molecule has 1 fully saturated rings. The number of hydrogen-bond donors (Lipinski definition) is 0. The lowest BCUT2D eigenvalue weighted by Gasteiger charge is -2.21. The average molecular weight is 393 g/mol. The Morgan fingerprint density at radius 2 is 2.11 bits per heavy atom. The standard InChI is InChI=1S/C18H18F3N5O2/c1-3-11-8-15(18(19,20)21)26-16(22-11)9-12(23-26)13-5-4-6-25(13)17(27)14-7-10(2)24-28-14/h7-9,13H,3-6H2,1-2H3/t13-/m0/s1. The van der Waals surface area contributed by atoms with Gasteiger partial charge in [-0.15, -0.1) is 0 Å². The van der Waals surface area contributed by atoms with Crippen LogP contribution in [0, 0.1) is 6.92 Å². The minimum atomic E-state index is -4.56. The second-order valence-corrected chi connectivity index (χ2v) is 6.81. The zero-order chi connectivity index (χ0) is 20.1. The fraction of sp³-hybridized carbons (Fsp3) is 0.444. The van der Waals surface area contributed by atoms with Gasteiger partial charge in [0.2, 0.25) is 5.76 Å². The van der Waals surface area contributed by atoms with Crippen molar-refractivity contribution >= 4 is 11.6 Å². The molecule has 0 bridgehead atoms. The molecule has 3 aromatic rings. The van der Waals surface area contributed by atoms with Crippen molar-refractivity contribution < 1.29 is 22.5 Å². The molecule has 28 heavy (non-hydrogen) atoms. The smallest absolute Gasteiger partial charge is 0.351 e. The predicted octanol–water partition coefficient (Wildman–Crippen LogP) is 3.58. The fourth-order valence-corrected chi connectivity index (χ4v) is 3.51. The van der Waals surface area contributed by atoms with Crippen molar-refractivity contribution in [1.29, 1.82) is 0 Å². The number of rotatable bonds is 3. The van der Waals surface area contributed by atoms with Gasteiger partial charge in [-0.3, -0.25) is 4.79 Å². The number of aryl methyl sites for hydroxylation is 2. The second-order valence-electron chi connectivity index (χ2n) is 6.81. The zero-order valence-corrected chi connectivity index (χ0v) is 15.3. The van der Waals surface area contributed by atoms with Crippen LogP contribution in [0.1, 0.15) is 59.1 Å². The zero-order valence-electron chi connectivity index (χ0n) is 15.3. The van der Waals surface area contributed by atoms with Gasteiger partial charge in [0.25, 0.3) is 5.91 Å². The number of likely N-dealkylation sites (tertiary alicyclic amines) is 1. The maximum Gasteiger partial charge on any atom is 0.433 e. The number of hydrogen-bond acceptors (Lipinski definition) is 5. The highest BCUT2D eigenvalue weighted by molar-refractivity contribution is 5.92. The van der Waals surface area contributed by atoms with Gasteiger partial charge in [-0.05, 0) is 32.3 Å². The van der Waals surface area contributed by atoms with Crippen molar-refractivity contribution in [1.82, 2.24) is 24.7 Å². The molecule has 10 heteroatoms. The summed E-state index contributed by atoms with van der Waals surface area (Å²) in [4.78, 5) is 18.6. The molecule has 3 aromatic heterocycles. The van der Waals surface area contributed by atoms with Gasteiger partial charge < -0.3 is 9.42 Å². The monoisotopic (exact) mass is 393 g/mol. The van der Waals surface area contributed by atoms with Crippen LogP contribution in [-0.4, -0.2) is 37.1 Å². The molecule has 0 saturated carbocycles. The molecule has 148 valence electrons. The third kappa shape index (κ3) is 3.12. The summed E-state index contributed by atoms with van der Waals surface area (Å²) in [5, 5.41) is 7.88. The summed E-state index contributed by atoms with van der Waals surface area (Å²) in [6, 6.07) is 3.64. The molecule has 0 aliphatic carbocycles. The number of aromatic nitrogens is 4. The molecule has 1 atom stereocenters. The lowest BCUT2D eigenvalue weighted by molar-refractivity contribution is -0.142. The van der Waals surface area contributed by atoms with Crippen molar-refractivity contribution in [2.45, 2.75) is 45.3 Å². The predicted molar refractivity (Wildman–Crippen MR) is 91.6 cm³/mol. The molecule has 4 rings (SSSR count). The summed E-state index contributed by atoms with van der Waals surface area (Å²) in [6.45, 7) is 3.92. The van der Waals surface area contributed by atoms with Crippen molar-refractivity contribution in [3.05, 3.63) is 46.7 Å². The van der Waals surface area contributed by atoms with Crippen LogP contribution in [0.5, 0.6) is 0 Å². The van der Waals surface area contributed by atoms with Gasteiger partial charge in [-0.1, -0.05) is 12.1 Å². The van der Waals surface area contributed by atoms with Crippen molar-refractivity contribution in [2.24, 2.45) is 0 Å². The molecule has 1 aliphatic heterocycles. The Bertz CT molecular complexity index is 1040. The van der Waals surface area contributed by atoms with Crippen LogP contribution in [0.15, 0.2) is 22.7 Å². The Labute approximate surface area is 158 Å². The topological polar surface area (TPSA) is 76.5 Å². The van der Waals surface area contributed by atoms with Crippen LogP contribution >= 0.6 is 0 Å². The average Bonchev–Trinajstić information content (AvgIpc) is 3.37. The first-order chi connectivity index (χ1) is 13.3. The first-order valence-corrected chi connectivity index (χ1v) is 8.99. The van der Waals surface area contributed by atoms with Crippen LogP contribution in [0.4, 0.5) is 13.2 Å². The summed E-state index contributed by atoms with van der Waals surface area (Å²) >= 11 is 0. The van der Waals surface area contributed by atoms with E-state index >= 15 is 0 Å². The van der Waals surface area contributed by atoms with Gasteiger partial charge in [-0.2, -0.15) is 18.3 Å². The molecular weight excluding hydrogens is 375 g/mol. The van der Waals surface area contributed by atoms with E-state index in [1.54, 1.807) is 18.7 Å². The van der Waals surface area contributed by atoms with Gasteiger partial charge in [0.1, 0.15) is 5.69 Å². The lowest BCUT2D eigenvalue weighted by Crippen LogP contribution is -2.30. The minimum absolute atomic E-state index is 0.107. The van der Waals surface area contributed by atoms with Gasteiger partial charge in [0, 0.05) is 24.4 Å². The molecule has 1 saturated heterocycles. The first kappa shape index (κ1) is 18.5. The van der Waals surface area contributed by atoms with E-state index in [4.69, 9.17) is 4.52 Å². The minimum Gasteiger partial charge on any atom is -0.351 e. The molecule has 0 aromatic carbocycles. The summed E-state index contributed by atoms with van der Waals surface area (Å²) in [5.74, 6) is -0.242. The van der Waals surface area contributed by atoms with Crippen LogP contribution < -0.4 is 0 Å². The molecule has 0 spiro atoms. The number of alkyl halides is 3.